The predicted octanol–water partition coefficient (Wildman–Crippen LogP) is 2.70. The van der Waals surface area contributed by atoms with Crippen molar-refractivity contribution in [2.75, 3.05) is 23.8 Å². The molecule has 8 nitrogen and oxygen atoms in total. The number of anilines is 2. The number of carbonyl (C=O) groups excluding carboxylic acids is 2. The molecule has 3 N–H and O–H groups in total. The molecule has 0 radical (unpaired) electrons. The summed E-state index contributed by atoms with van der Waals surface area (Å²) in [5.74, 6) is -0.578. The zero-order valence-corrected chi connectivity index (χ0v) is 14.1. The van der Waals surface area contributed by atoms with Gasteiger partial charge in [0.15, 0.2) is 0 Å². The van der Waals surface area contributed by atoms with Crippen molar-refractivity contribution in [2.24, 2.45) is 0 Å². The molecule has 9 heteroatoms. The van der Waals surface area contributed by atoms with Crippen LogP contribution in [0.15, 0.2) is 42.7 Å². The number of halogens is 1. The molecular weight excluding hydrogens is 343 g/mol. The lowest BCUT2D eigenvalue weighted by molar-refractivity contribution is -0.131. The minimum atomic E-state index is -0.548. The largest absolute Gasteiger partial charge is 0.493 e. The summed E-state index contributed by atoms with van der Waals surface area (Å²) in [6, 6.07) is 6.71. The van der Waals surface area contributed by atoms with E-state index in [0.29, 0.717) is 12.1 Å². The molecule has 0 saturated heterocycles. The van der Waals surface area contributed by atoms with Crippen molar-refractivity contribution in [3.8, 4) is 5.75 Å². The number of hydrogen-bond donors (Lipinski definition) is 3. The van der Waals surface area contributed by atoms with E-state index in [1.807, 2.05) is 0 Å². The van der Waals surface area contributed by atoms with Gasteiger partial charge in [0.2, 0.25) is 5.91 Å². The summed E-state index contributed by atoms with van der Waals surface area (Å²) in [6.07, 6.45) is 3.56. The van der Waals surface area contributed by atoms with E-state index < -0.39 is 11.8 Å². The minimum Gasteiger partial charge on any atom is -0.493 e. The zero-order chi connectivity index (χ0) is 18.8. The fraction of sp³-hybridized carbons (Fsp3) is 0.235. The van der Waals surface area contributed by atoms with Crippen LogP contribution in [0.25, 0.3) is 0 Å². The first-order chi connectivity index (χ1) is 12.5. The summed E-state index contributed by atoms with van der Waals surface area (Å²) in [4.78, 5) is 31.3. The van der Waals surface area contributed by atoms with Crippen LogP contribution in [-0.4, -0.2) is 30.1 Å². The first-order valence-corrected chi connectivity index (χ1v) is 7.83. The van der Waals surface area contributed by atoms with Crippen molar-refractivity contribution >= 4 is 23.3 Å². The van der Waals surface area contributed by atoms with E-state index in [0.717, 1.165) is 0 Å². The number of carbonyl (C=O) groups is 2. The monoisotopic (exact) mass is 362 g/mol. The molecule has 138 valence electrons. The molecule has 3 amide bonds. The molecule has 1 aromatic carbocycles. The second-order valence-corrected chi connectivity index (χ2v) is 5.21. The first kappa shape index (κ1) is 19.1. The molecule has 0 fully saturated rings. The van der Waals surface area contributed by atoms with Crippen LogP contribution in [0.4, 0.5) is 20.6 Å². The van der Waals surface area contributed by atoms with Crippen molar-refractivity contribution in [2.45, 2.75) is 13.3 Å². The van der Waals surface area contributed by atoms with Gasteiger partial charge in [-0.3, -0.25) is 14.6 Å². The zero-order valence-electron chi connectivity index (χ0n) is 14.1. The fourth-order valence-electron chi connectivity index (χ4n) is 1.92. The molecule has 0 unspecified atom stereocenters. The van der Waals surface area contributed by atoms with Crippen LogP contribution in [0, 0.1) is 5.82 Å². The van der Waals surface area contributed by atoms with Crippen molar-refractivity contribution < 1.29 is 23.6 Å². The van der Waals surface area contributed by atoms with Crippen molar-refractivity contribution in [1.29, 1.82) is 0 Å². The Morgan fingerprint density at radius 3 is 2.69 bits per heavy atom. The molecule has 0 spiro atoms. The number of nitrogens with one attached hydrogen (secondary N) is 3. The maximum absolute atomic E-state index is 13.7. The van der Waals surface area contributed by atoms with Gasteiger partial charge in [-0.15, -0.1) is 0 Å². The lowest BCUT2D eigenvalue weighted by atomic mass is 10.3. The Hall–Kier alpha value is -3.20. The summed E-state index contributed by atoms with van der Waals surface area (Å²) in [5, 5.41) is 5.10. The average Bonchev–Trinajstić information content (AvgIpc) is 2.58. The van der Waals surface area contributed by atoms with E-state index in [-0.39, 0.29) is 30.6 Å². The Labute approximate surface area is 149 Å². The van der Waals surface area contributed by atoms with Crippen LogP contribution in [0.3, 0.4) is 0 Å². The summed E-state index contributed by atoms with van der Waals surface area (Å²) in [5.41, 5.74) is 2.95. The third-order valence-corrected chi connectivity index (χ3v) is 2.92. The van der Waals surface area contributed by atoms with Crippen molar-refractivity contribution in [3.05, 3.63) is 48.5 Å². The number of pyridine rings is 1. The van der Waals surface area contributed by atoms with E-state index in [1.165, 1.54) is 31.3 Å². The molecule has 2 aromatic rings. The summed E-state index contributed by atoms with van der Waals surface area (Å²) in [7, 11) is 0. The van der Waals surface area contributed by atoms with Crippen molar-refractivity contribution in [1.82, 2.24) is 10.5 Å². The highest BCUT2D eigenvalue weighted by atomic mass is 19.1. The number of nitrogens with zero attached hydrogens (tertiary/aromatic N) is 1. The highest BCUT2D eigenvalue weighted by Crippen LogP contribution is 2.20. The normalized spacial score (nSPS) is 10.1. The third kappa shape index (κ3) is 7.14. The van der Waals surface area contributed by atoms with Gasteiger partial charge in [-0.2, -0.15) is 0 Å². The second kappa shape index (κ2) is 9.94. The molecule has 0 aliphatic rings. The number of urea groups is 1. The Balaban J connectivity index is 1.82. The number of hydroxylamine groups is 1. The van der Waals surface area contributed by atoms with Gasteiger partial charge in [0.25, 0.3) is 0 Å². The smallest absolute Gasteiger partial charge is 0.323 e. The summed E-state index contributed by atoms with van der Waals surface area (Å²) >= 11 is 0. The molecule has 26 heavy (non-hydrogen) atoms. The summed E-state index contributed by atoms with van der Waals surface area (Å²) in [6.45, 7) is 1.85. The van der Waals surface area contributed by atoms with E-state index in [1.54, 1.807) is 18.3 Å². The van der Waals surface area contributed by atoms with Gasteiger partial charge in [-0.05, 0) is 18.2 Å². The van der Waals surface area contributed by atoms with Crippen LogP contribution >= 0.6 is 0 Å². The highest BCUT2D eigenvalue weighted by Gasteiger charge is 2.07. The van der Waals surface area contributed by atoms with Crippen LogP contribution < -0.4 is 20.9 Å². The Kier molecular flexibility index (Phi) is 7.31. The number of hydrogen-bond acceptors (Lipinski definition) is 5. The van der Waals surface area contributed by atoms with Gasteiger partial charge in [0, 0.05) is 37.4 Å². The number of amides is 3. The molecule has 0 bridgehead atoms. The van der Waals surface area contributed by atoms with Gasteiger partial charge in [-0.1, -0.05) is 0 Å². The van der Waals surface area contributed by atoms with E-state index in [4.69, 9.17) is 9.57 Å². The quantitative estimate of drug-likeness (QED) is 0.495. The van der Waals surface area contributed by atoms with Gasteiger partial charge in [0.05, 0.1) is 25.1 Å². The Morgan fingerprint density at radius 2 is 1.96 bits per heavy atom. The van der Waals surface area contributed by atoms with Crippen molar-refractivity contribution in [3.63, 3.8) is 0 Å². The lowest BCUT2D eigenvalue weighted by Crippen LogP contribution is -2.21. The maximum atomic E-state index is 13.7. The SMILES string of the molecule is CC(=O)NOCCCOc1cc(F)cc(NC(=O)Nc2cccnc2)c1. The predicted molar refractivity (Wildman–Crippen MR) is 93.2 cm³/mol. The Morgan fingerprint density at radius 1 is 1.15 bits per heavy atom. The molecule has 0 saturated carbocycles. The molecule has 2 rings (SSSR count). The molecule has 0 atom stereocenters. The standard InChI is InChI=1S/C17H19FN4O4/c1-12(23)22-26-7-3-6-25-16-9-13(18)8-15(10-16)21-17(24)20-14-4-2-5-19-11-14/h2,4-5,8-11H,3,6-7H2,1H3,(H,22,23)(H2,20,21,24). The lowest BCUT2D eigenvalue weighted by Gasteiger charge is -2.11. The van der Waals surface area contributed by atoms with Crippen LogP contribution in [0.2, 0.25) is 0 Å². The van der Waals surface area contributed by atoms with E-state index >= 15 is 0 Å². The van der Waals surface area contributed by atoms with Crippen LogP contribution in [0.1, 0.15) is 13.3 Å². The summed E-state index contributed by atoms with van der Waals surface area (Å²) < 4.78 is 19.1. The topological polar surface area (TPSA) is 102 Å². The number of ether oxygens (including phenoxy) is 1. The number of aromatic nitrogens is 1. The van der Waals surface area contributed by atoms with Crippen LogP contribution in [-0.2, 0) is 9.63 Å². The van der Waals surface area contributed by atoms with E-state index in [2.05, 4.69) is 21.1 Å². The van der Waals surface area contributed by atoms with E-state index in [9.17, 15) is 14.0 Å². The molecule has 0 aliphatic carbocycles. The molecule has 0 aliphatic heterocycles. The second-order valence-electron chi connectivity index (χ2n) is 5.21. The third-order valence-electron chi connectivity index (χ3n) is 2.92. The first-order valence-electron chi connectivity index (χ1n) is 7.83. The number of rotatable bonds is 8. The van der Waals surface area contributed by atoms with Gasteiger partial charge in [0.1, 0.15) is 11.6 Å². The van der Waals surface area contributed by atoms with Gasteiger partial charge >= 0.3 is 6.03 Å². The minimum absolute atomic E-state index is 0.246. The Bertz CT molecular complexity index is 743. The average molecular weight is 362 g/mol. The highest BCUT2D eigenvalue weighted by molar-refractivity contribution is 5.99. The number of benzene rings is 1. The fourth-order valence-corrected chi connectivity index (χ4v) is 1.92. The van der Waals surface area contributed by atoms with Gasteiger partial charge in [-0.25, -0.2) is 14.7 Å². The molecule has 1 heterocycles. The molecular formula is C17H19FN4O4. The molecule has 1 aromatic heterocycles. The maximum Gasteiger partial charge on any atom is 0.323 e. The van der Waals surface area contributed by atoms with Gasteiger partial charge < -0.3 is 15.4 Å². The van der Waals surface area contributed by atoms with Crippen LogP contribution in [0.5, 0.6) is 5.75 Å².